The second-order valence-corrected chi connectivity index (χ2v) is 6.36. The summed E-state index contributed by atoms with van der Waals surface area (Å²) in [6.07, 6.45) is -0.496. The van der Waals surface area contributed by atoms with Crippen LogP contribution in [0.1, 0.15) is 18.6 Å². The molecule has 4 heteroatoms. The van der Waals surface area contributed by atoms with E-state index in [-0.39, 0.29) is 0 Å². The molecule has 0 radical (unpaired) electrons. The standard InChI is InChI=1S/C17H19BrN2O/c1-12(21)14-11-13(18)7-8-15(14)20-10-9-19(2)16-5-3-4-6-17(16)20/h3-8,11-12,21H,9-10H2,1-2H3. The Kier molecular flexibility index (Phi) is 3.91. The highest BCUT2D eigenvalue weighted by atomic mass is 79.9. The molecule has 0 saturated heterocycles. The number of aliphatic hydroxyl groups excluding tert-OH is 1. The van der Waals surface area contributed by atoms with Gasteiger partial charge in [0.2, 0.25) is 0 Å². The molecule has 0 bridgehead atoms. The van der Waals surface area contributed by atoms with E-state index >= 15 is 0 Å². The monoisotopic (exact) mass is 346 g/mol. The normalized spacial score (nSPS) is 15.8. The molecular formula is C17H19BrN2O. The molecule has 2 aromatic carbocycles. The number of hydrogen-bond donors (Lipinski definition) is 1. The molecule has 1 aliphatic rings. The van der Waals surface area contributed by atoms with E-state index in [0.29, 0.717) is 0 Å². The number of anilines is 3. The Morgan fingerprint density at radius 2 is 1.76 bits per heavy atom. The first-order valence-corrected chi connectivity index (χ1v) is 7.92. The van der Waals surface area contributed by atoms with Gasteiger partial charge in [0.25, 0.3) is 0 Å². The van der Waals surface area contributed by atoms with Crippen molar-refractivity contribution in [3.8, 4) is 0 Å². The summed E-state index contributed by atoms with van der Waals surface area (Å²) in [4.78, 5) is 4.57. The van der Waals surface area contributed by atoms with Crippen LogP contribution in [0.4, 0.5) is 17.1 Å². The maximum Gasteiger partial charge on any atom is 0.0782 e. The highest BCUT2D eigenvalue weighted by Crippen LogP contribution is 2.40. The summed E-state index contributed by atoms with van der Waals surface area (Å²) in [6, 6.07) is 14.5. The van der Waals surface area contributed by atoms with Gasteiger partial charge < -0.3 is 14.9 Å². The summed E-state index contributed by atoms with van der Waals surface area (Å²) in [5.41, 5.74) is 4.44. The molecule has 1 aliphatic heterocycles. The van der Waals surface area contributed by atoms with Crippen molar-refractivity contribution in [2.24, 2.45) is 0 Å². The average Bonchev–Trinajstić information content (AvgIpc) is 2.48. The van der Waals surface area contributed by atoms with Gasteiger partial charge in [-0.3, -0.25) is 0 Å². The fraction of sp³-hybridized carbons (Fsp3) is 0.294. The van der Waals surface area contributed by atoms with Gasteiger partial charge in [0, 0.05) is 35.9 Å². The van der Waals surface area contributed by atoms with Gasteiger partial charge in [-0.1, -0.05) is 28.1 Å². The minimum absolute atomic E-state index is 0.496. The van der Waals surface area contributed by atoms with Crippen LogP contribution < -0.4 is 9.80 Å². The molecule has 1 N–H and O–H groups in total. The molecule has 0 aromatic heterocycles. The second kappa shape index (κ2) is 5.70. The number of hydrogen-bond acceptors (Lipinski definition) is 3. The molecule has 0 saturated carbocycles. The number of nitrogens with zero attached hydrogens (tertiary/aromatic N) is 2. The lowest BCUT2D eigenvalue weighted by Crippen LogP contribution is -2.36. The SMILES string of the molecule is CC(O)c1cc(Br)ccc1N1CCN(C)c2ccccc21. The average molecular weight is 347 g/mol. The molecule has 0 aliphatic carbocycles. The fourth-order valence-corrected chi connectivity index (χ4v) is 3.24. The first-order valence-electron chi connectivity index (χ1n) is 7.13. The Bertz CT molecular complexity index is 657. The molecule has 1 unspecified atom stereocenters. The van der Waals surface area contributed by atoms with Crippen LogP contribution in [0.3, 0.4) is 0 Å². The molecule has 21 heavy (non-hydrogen) atoms. The zero-order valence-electron chi connectivity index (χ0n) is 12.3. The Morgan fingerprint density at radius 1 is 1.05 bits per heavy atom. The second-order valence-electron chi connectivity index (χ2n) is 5.44. The van der Waals surface area contributed by atoms with E-state index in [1.807, 2.05) is 19.1 Å². The highest BCUT2D eigenvalue weighted by molar-refractivity contribution is 9.10. The number of likely N-dealkylation sites (N-methyl/N-ethyl adjacent to an activating group) is 1. The van der Waals surface area contributed by atoms with Crippen LogP contribution in [-0.2, 0) is 0 Å². The summed E-state index contributed by atoms with van der Waals surface area (Å²) in [7, 11) is 2.12. The topological polar surface area (TPSA) is 26.7 Å². The molecule has 2 aromatic rings. The molecular weight excluding hydrogens is 328 g/mol. The van der Waals surface area contributed by atoms with Crippen LogP contribution >= 0.6 is 15.9 Å². The number of halogens is 1. The third kappa shape index (κ3) is 2.65. The van der Waals surface area contributed by atoms with E-state index in [4.69, 9.17) is 0 Å². The predicted molar refractivity (Wildman–Crippen MR) is 91.5 cm³/mol. The zero-order valence-corrected chi connectivity index (χ0v) is 13.8. The van der Waals surface area contributed by atoms with Crippen LogP contribution in [0.5, 0.6) is 0 Å². The van der Waals surface area contributed by atoms with Crippen molar-refractivity contribution in [1.29, 1.82) is 0 Å². The number of benzene rings is 2. The summed E-state index contributed by atoms with van der Waals surface area (Å²) >= 11 is 3.49. The number of aliphatic hydroxyl groups is 1. The van der Waals surface area contributed by atoms with Crippen molar-refractivity contribution in [2.45, 2.75) is 13.0 Å². The molecule has 3 rings (SSSR count). The first-order chi connectivity index (χ1) is 10.1. The minimum Gasteiger partial charge on any atom is -0.389 e. The predicted octanol–water partition coefficient (Wildman–Crippen LogP) is 4.09. The van der Waals surface area contributed by atoms with Gasteiger partial charge in [0.05, 0.1) is 17.5 Å². The van der Waals surface area contributed by atoms with E-state index < -0.39 is 6.10 Å². The van der Waals surface area contributed by atoms with Crippen LogP contribution in [0.2, 0.25) is 0 Å². The number of rotatable bonds is 2. The lowest BCUT2D eigenvalue weighted by atomic mass is 10.0. The van der Waals surface area contributed by atoms with Gasteiger partial charge in [-0.2, -0.15) is 0 Å². The van der Waals surface area contributed by atoms with Gasteiger partial charge in [0.15, 0.2) is 0 Å². The van der Waals surface area contributed by atoms with Crippen molar-refractivity contribution in [2.75, 3.05) is 29.9 Å². The fourth-order valence-electron chi connectivity index (χ4n) is 2.86. The Morgan fingerprint density at radius 3 is 2.48 bits per heavy atom. The molecule has 110 valence electrons. The van der Waals surface area contributed by atoms with Gasteiger partial charge in [-0.15, -0.1) is 0 Å². The van der Waals surface area contributed by atoms with Crippen LogP contribution in [-0.4, -0.2) is 25.2 Å². The largest absolute Gasteiger partial charge is 0.389 e. The Labute approximate surface area is 133 Å². The van der Waals surface area contributed by atoms with Crippen molar-refractivity contribution < 1.29 is 5.11 Å². The van der Waals surface area contributed by atoms with Gasteiger partial charge in [-0.05, 0) is 37.3 Å². The Hall–Kier alpha value is -1.52. The van der Waals surface area contributed by atoms with E-state index in [1.165, 1.54) is 11.4 Å². The highest BCUT2D eigenvalue weighted by Gasteiger charge is 2.23. The number of para-hydroxylation sites is 2. The maximum absolute atomic E-state index is 10.1. The molecule has 0 fully saturated rings. The summed E-state index contributed by atoms with van der Waals surface area (Å²) < 4.78 is 0.990. The summed E-state index contributed by atoms with van der Waals surface area (Å²) in [5.74, 6) is 0. The first kappa shape index (κ1) is 14.4. The van der Waals surface area contributed by atoms with Gasteiger partial charge in [-0.25, -0.2) is 0 Å². The van der Waals surface area contributed by atoms with Crippen molar-refractivity contribution in [1.82, 2.24) is 0 Å². The quantitative estimate of drug-likeness (QED) is 0.886. The van der Waals surface area contributed by atoms with Gasteiger partial charge in [0.1, 0.15) is 0 Å². The summed E-state index contributed by atoms with van der Waals surface area (Å²) in [6.45, 7) is 3.69. The van der Waals surface area contributed by atoms with Crippen molar-refractivity contribution >= 4 is 33.0 Å². The van der Waals surface area contributed by atoms with E-state index in [1.54, 1.807) is 0 Å². The molecule has 3 nitrogen and oxygen atoms in total. The van der Waals surface area contributed by atoms with Crippen molar-refractivity contribution in [3.05, 3.63) is 52.5 Å². The maximum atomic E-state index is 10.1. The minimum atomic E-state index is -0.496. The lowest BCUT2D eigenvalue weighted by Gasteiger charge is -2.38. The zero-order chi connectivity index (χ0) is 15.0. The summed E-state index contributed by atoms with van der Waals surface area (Å²) in [5, 5.41) is 10.1. The third-order valence-corrected chi connectivity index (χ3v) is 4.47. The molecule has 1 atom stereocenters. The van der Waals surface area contributed by atoms with Crippen LogP contribution in [0.15, 0.2) is 46.9 Å². The Balaban J connectivity index is 2.12. The number of fused-ring (bicyclic) bond motifs is 1. The van der Waals surface area contributed by atoms with Crippen LogP contribution in [0.25, 0.3) is 0 Å². The van der Waals surface area contributed by atoms with Crippen molar-refractivity contribution in [3.63, 3.8) is 0 Å². The van der Waals surface area contributed by atoms with E-state index in [9.17, 15) is 5.11 Å². The van der Waals surface area contributed by atoms with Gasteiger partial charge >= 0.3 is 0 Å². The molecule has 0 amide bonds. The molecule has 0 spiro atoms. The lowest BCUT2D eigenvalue weighted by molar-refractivity contribution is 0.199. The van der Waals surface area contributed by atoms with Crippen LogP contribution in [0, 0.1) is 0 Å². The molecule has 1 heterocycles. The van der Waals surface area contributed by atoms with E-state index in [0.717, 1.165) is 28.8 Å². The van der Waals surface area contributed by atoms with E-state index in [2.05, 4.69) is 63.1 Å². The third-order valence-electron chi connectivity index (χ3n) is 3.97. The smallest absolute Gasteiger partial charge is 0.0782 e.